The number of ether oxygens (including phenoxy) is 1. The third-order valence-corrected chi connectivity index (χ3v) is 4.25. The fourth-order valence-electron chi connectivity index (χ4n) is 2.11. The second-order valence-corrected chi connectivity index (χ2v) is 7.42. The van der Waals surface area contributed by atoms with Gasteiger partial charge in [-0.25, -0.2) is 9.59 Å². The molecule has 0 aromatic heterocycles. The van der Waals surface area contributed by atoms with Crippen molar-refractivity contribution in [3.05, 3.63) is 0 Å². The van der Waals surface area contributed by atoms with Gasteiger partial charge in [-0.05, 0) is 45.6 Å². The molecule has 0 radical (unpaired) electrons. The predicted molar refractivity (Wildman–Crippen MR) is 87.9 cm³/mol. The van der Waals surface area contributed by atoms with Crippen LogP contribution in [0.4, 0.5) is 9.59 Å². The van der Waals surface area contributed by atoms with Gasteiger partial charge in [-0.1, -0.05) is 19.3 Å². The molecular formula is C14H26N4O3S. The summed E-state index contributed by atoms with van der Waals surface area (Å²) in [7, 11) is 1.25. The van der Waals surface area contributed by atoms with E-state index in [4.69, 9.17) is 10.1 Å². The van der Waals surface area contributed by atoms with E-state index in [0.29, 0.717) is 10.1 Å². The molecule has 0 aromatic rings. The van der Waals surface area contributed by atoms with Crippen LogP contribution in [-0.4, -0.2) is 40.9 Å². The molecule has 0 aromatic carbocycles. The van der Waals surface area contributed by atoms with Crippen LogP contribution >= 0.6 is 11.9 Å². The van der Waals surface area contributed by atoms with Crippen LogP contribution in [0.1, 0.15) is 52.9 Å². The first-order valence-electron chi connectivity index (χ1n) is 7.45. The summed E-state index contributed by atoms with van der Waals surface area (Å²) in [6.45, 7) is 5.40. The van der Waals surface area contributed by atoms with Crippen molar-refractivity contribution >= 4 is 30.0 Å². The topological polar surface area (TPSA) is 94.5 Å². The first-order chi connectivity index (χ1) is 10.2. The van der Waals surface area contributed by atoms with E-state index in [2.05, 4.69) is 10.0 Å². The highest BCUT2D eigenvalue weighted by Crippen LogP contribution is 2.26. The molecule has 1 aliphatic rings. The number of carbonyl (C=O) groups excluding carboxylic acids is 2. The van der Waals surface area contributed by atoms with Gasteiger partial charge in [0, 0.05) is 10.8 Å². The van der Waals surface area contributed by atoms with E-state index in [9.17, 15) is 9.59 Å². The van der Waals surface area contributed by atoms with Gasteiger partial charge in [0.25, 0.3) is 0 Å². The minimum Gasteiger partial charge on any atom is -0.468 e. The molecule has 0 atom stereocenters. The Morgan fingerprint density at radius 1 is 1.18 bits per heavy atom. The van der Waals surface area contributed by atoms with Gasteiger partial charge in [0.1, 0.15) is 0 Å². The van der Waals surface area contributed by atoms with Crippen molar-refractivity contribution in [2.45, 2.75) is 63.7 Å². The summed E-state index contributed by atoms with van der Waals surface area (Å²) < 4.78 is 7.40. The molecule has 126 valence electrons. The average Bonchev–Trinajstić information content (AvgIpc) is 2.44. The van der Waals surface area contributed by atoms with Crippen LogP contribution in [0, 0.1) is 5.41 Å². The quantitative estimate of drug-likeness (QED) is 0.412. The third kappa shape index (κ3) is 6.13. The first-order valence-corrected chi connectivity index (χ1v) is 8.33. The minimum atomic E-state index is -0.680. The van der Waals surface area contributed by atoms with Crippen LogP contribution < -0.4 is 10.0 Å². The Balaban J connectivity index is 2.63. The van der Waals surface area contributed by atoms with E-state index in [1.54, 1.807) is 20.8 Å². The fraction of sp³-hybridized carbons (Fsp3) is 0.786. The van der Waals surface area contributed by atoms with E-state index in [1.807, 2.05) is 0 Å². The number of imide groups is 1. The molecule has 0 bridgehead atoms. The summed E-state index contributed by atoms with van der Waals surface area (Å²) in [5, 5.41) is 10.7. The molecular weight excluding hydrogens is 304 g/mol. The van der Waals surface area contributed by atoms with E-state index in [0.717, 1.165) is 25.7 Å². The Kier molecular flexibility index (Phi) is 6.99. The molecule has 0 unspecified atom stereocenters. The maximum atomic E-state index is 12.2. The van der Waals surface area contributed by atoms with Crippen molar-refractivity contribution in [2.75, 3.05) is 7.11 Å². The van der Waals surface area contributed by atoms with Gasteiger partial charge in [-0.2, -0.15) is 4.90 Å². The molecule has 7 nitrogen and oxygen atoms in total. The highest BCUT2D eigenvalue weighted by atomic mass is 32.2. The van der Waals surface area contributed by atoms with Crippen LogP contribution in [0.25, 0.3) is 0 Å². The lowest BCUT2D eigenvalue weighted by molar-refractivity contribution is 0.192. The van der Waals surface area contributed by atoms with E-state index < -0.39 is 23.6 Å². The highest BCUT2D eigenvalue weighted by Gasteiger charge is 2.30. The van der Waals surface area contributed by atoms with E-state index in [1.165, 1.54) is 25.5 Å². The molecule has 8 heteroatoms. The zero-order valence-electron chi connectivity index (χ0n) is 13.7. The maximum Gasteiger partial charge on any atom is 0.343 e. The lowest BCUT2D eigenvalue weighted by Crippen LogP contribution is -2.55. The number of rotatable bonds is 2. The predicted octanol–water partition coefficient (Wildman–Crippen LogP) is 3.07. The number of urea groups is 2. The van der Waals surface area contributed by atoms with Crippen molar-refractivity contribution in [1.29, 1.82) is 5.41 Å². The molecule has 1 fully saturated rings. The van der Waals surface area contributed by atoms with Crippen LogP contribution in [0.5, 0.6) is 0 Å². The molecule has 22 heavy (non-hydrogen) atoms. The van der Waals surface area contributed by atoms with E-state index >= 15 is 0 Å². The number of nitrogens with one attached hydrogen (secondary N) is 3. The molecule has 4 amide bonds. The molecule has 0 spiro atoms. The molecule has 0 aliphatic heterocycles. The standard InChI is InChI=1S/C14H26N4O3S/c1-14(2,3)16-12(19)18(11(15)21-4)13(20)17-22-10-8-6-5-7-9-10/h10,15H,5-9H2,1-4H3,(H,16,19)(H,17,20). The van der Waals surface area contributed by atoms with Crippen molar-refractivity contribution < 1.29 is 14.3 Å². The second kappa shape index (κ2) is 8.26. The zero-order valence-corrected chi connectivity index (χ0v) is 14.5. The average molecular weight is 330 g/mol. The molecule has 1 saturated carbocycles. The van der Waals surface area contributed by atoms with Crippen molar-refractivity contribution in [3.8, 4) is 0 Å². The van der Waals surface area contributed by atoms with Crippen LogP contribution in [0.2, 0.25) is 0 Å². The first kappa shape index (κ1) is 18.6. The van der Waals surface area contributed by atoms with Gasteiger partial charge in [0.15, 0.2) is 0 Å². The Labute approximate surface area is 136 Å². The Hall–Kier alpha value is -1.44. The molecule has 1 rings (SSSR count). The fourth-order valence-corrected chi connectivity index (χ4v) is 3.03. The maximum absolute atomic E-state index is 12.2. The third-order valence-electron chi connectivity index (χ3n) is 3.15. The van der Waals surface area contributed by atoms with Crippen LogP contribution in [0.3, 0.4) is 0 Å². The molecule has 3 N–H and O–H groups in total. The number of hydrogen-bond donors (Lipinski definition) is 3. The van der Waals surface area contributed by atoms with Crippen molar-refractivity contribution in [3.63, 3.8) is 0 Å². The number of nitrogens with zero attached hydrogens (tertiary/aromatic N) is 1. The lowest BCUT2D eigenvalue weighted by Gasteiger charge is -2.27. The monoisotopic (exact) mass is 330 g/mol. The summed E-state index contributed by atoms with van der Waals surface area (Å²) in [6.07, 6.45) is 5.67. The zero-order chi connectivity index (χ0) is 16.8. The van der Waals surface area contributed by atoms with Gasteiger partial charge in [-0.3, -0.25) is 10.1 Å². The molecule has 0 saturated heterocycles. The van der Waals surface area contributed by atoms with Crippen LogP contribution in [0.15, 0.2) is 0 Å². The minimum absolute atomic E-state index is 0.363. The van der Waals surface area contributed by atoms with Crippen molar-refractivity contribution in [2.24, 2.45) is 0 Å². The molecule has 1 aliphatic carbocycles. The second-order valence-electron chi connectivity index (χ2n) is 6.31. The van der Waals surface area contributed by atoms with Gasteiger partial charge < -0.3 is 10.1 Å². The van der Waals surface area contributed by atoms with Gasteiger partial charge >= 0.3 is 18.1 Å². The smallest absolute Gasteiger partial charge is 0.343 e. The Morgan fingerprint density at radius 2 is 1.77 bits per heavy atom. The normalized spacial score (nSPS) is 15.8. The van der Waals surface area contributed by atoms with E-state index in [-0.39, 0.29) is 0 Å². The number of methoxy groups -OCH3 is 1. The lowest BCUT2D eigenvalue weighted by atomic mass is 10.0. The number of amidine groups is 1. The van der Waals surface area contributed by atoms with Gasteiger partial charge in [0.2, 0.25) is 0 Å². The van der Waals surface area contributed by atoms with Gasteiger partial charge in [-0.15, -0.1) is 0 Å². The summed E-state index contributed by atoms with van der Waals surface area (Å²) in [6, 6.07) is -1.85. The van der Waals surface area contributed by atoms with Crippen LogP contribution in [-0.2, 0) is 4.74 Å². The van der Waals surface area contributed by atoms with Crippen molar-refractivity contribution in [1.82, 2.24) is 14.9 Å². The highest BCUT2D eigenvalue weighted by molar-refractivity contribution is 7.98. The number of amides is 4. The molecule has 0 heterocycles. The Bertz CT molecular complexity index is 417. The Morgan fingerprint density at radius 3 is 2.27 bits per heavy atom. The summed E-state index contributed by atoms with van der Waals surface area (Å²) >= 11 is 1.32. The largest absolute Gasteiger partial charge is 0.468 e. The summed E-state index contributed by atoms with van der Waals surface area (Å²) in [5.41, 5.74) is -0.514. The summed E-state index contributed by atoms with van der Waals surface area (Å²) in [4.78, 5) is 25.1. The van der Waals surface area contributed by atoms with Gasteiger partial charge in [0.05, 0.1) is 7.11 Å². The SMILES string of the molecule is COC(=N)N(C(=O)NSC1CCCCC1)C(=O)NC(C)(C)C. The number of carbonyl (C=O) groups is 2. The number of hydrogen-bond acceptors (Lipinski definition) is 5. The summed E-state index contributed by atoms with van der Waals surface area (Å²) in [5.74, 6) is 0.